The molecule has 0 amide bonds. The molecule has 0 aliphatic carbocycles. The molecule has 0 aliphatic heterocycles. The van der Waals surface area contributed by atoms with Crippen molar-refractivity contribution in [3.05, 3.63) is 65.7 Å². The Labute approximate surface area is 112 Å². The van der Waals surface area contributed by atoms with E-state index in [-0.39, 0.29) is 0 Å². The molecule has 0 saturated carbocycles. The molecule has 98 valence electrons. The molecular weight excluding hydrogens is 238 g/mol. The number of rotatable bonds is 4. The summed E-state index contributed by atoms with van der Waals surface area (Å²) in [6, 6.07) is 16.7. The van der Waals surface area contributed by atoms with Crippen molar-refractivity contribution >= 4 is 11.7 Å². The van der Waals surface area contributed by atoms with Crippen molar-refractivity contribution in [2.45, 2.75) is 18.8 Å². The van der Waals surface area contributed by atoms with Crippen LogP contribution in [-0.4, -0.2) is 11.1 Å². The quantitative estimate of drug-likeness (QED) is 0.826. The minimum Gasteiger partial charge on any atom is -0.481 e. The topological polar surface area (TPSA) is 63.3 Å². The third kappa shape index (κ3) is 2.76. The Morgan fingerprint density at radius 2 is 1.68 bits per heavy atom. The van der Waals surface area contributed by atoms with Crippen LogP contribution >= 0.6 is 0 Å². The van der Waals surface area contributed by atoms with Crippen molar-refractivity contribution in [2.75, 3.05) is 5.73 Å². The Kier molecular flexibility index (Phi) is 3.56. The van der Waals surface area contributed by atoms with Crippen LogP contribution in [0.2, 0.25) is 0 Å². The van der Waals surface area contributed by atoms with Gasteiger partial charge in [0.15, 0.2) is 0 Å². The molecule has 3 nitrogen and oxygen atoms in total. The molecule has 1 unspecified atom stereocenters. The lowest BCUT2D eigenvalue weighted by Crippen LogP contribution is -2.34. The second kappa shape index (κ2) is 5.14. The molecule has 0 fully saturated rings. The highest BCUT2D eigenvalue weighted by atomic mass is 16.4. The predicted octanol–water partition coefficient (Wildman–Crippen LogP) is 2.85. The lowest BCUT2D eigenvalue weighted by Gasteiger charge is -2.25. The third-order valence-corrected chi connectivity index (χ3v) is 3.42. The van der Waals surface area contributed by atoms with Crippen molar-refractivity contribution in [2.24, 2.45) is 0 Å². The summed E-state index contributed by atoms with van der Waals surface area (Å²) in [5.74, 6) is -0.832. The number of carboxylic acid groups (broad SMARTS) is 1. The number of hydrogen-bond acceptors (Lipinski definition) is 2. The van der Waals surface area contributed by atoms with Crippen LogP contribution in [-0.2, 0) is 16.6 Å². The molecule has 2 aromatic carbocycles. The lowest BCUT2D eigenvalue weighted by atomic mass is 9.77. The molecule has 2 rings (SSSR count). The summed E-state index contributed by atoms with van der Waals surface area (Å²) >= 11 is 0. The number of nitrogen functional groups attached to an aromatic ring is 1. The fraction of sp³-hybridized carbons (Fsp3) is 0.188. The van der Waals surface area contributed by atoms with E-state index in [2.05, 4.69) is 0 Å². The van der Waals surface area contributed by atoms with Gasteiger partial charge in [-0.25, -0.2) is 0 Å². The predicted molar refractivity (Wildman–Crippen MR) is 76.0 cm³/mol. The van der Waals surface area contributed by atoms with Gasteiger partial charge in [0.2, 0.25) is 0 Å². The van der Waals surface area contributed by atoms with Gasteiger partial charge in [0.25, 0.3) is 0 Å². The molecule has 0 aromatic heterocycles. The van der Waals surface area contributed by atoms with E-state index in [0.29, 0.717) is 12.1 Å². The highest BCUT2D eigenvalue weighted by Crippen LogP contribution is 2.29. The average Bonchev–Trinajstić information content (AvgIpc) is 2.40. The van der Waals surface area contributed by atoms with Gasteiger partial charge >= 0.3 is 5.97 Å². The summed E-state index contributed by atoms with van der Waals surface area (Å²) in [5, 5.41) is 9.59. The molecule has 0 saturated heterocycles. The normalized spacial score (nSPS) is 13.7. The molecule has 3 N–H and O–H groups in total. The maximum absolute atomic E-state index is 11.7. The van der Waals surface area contributed by atoms with E-state index in [1.165, 1.54) is 0 Å². The van der Waals surface area contributed by atoms with Crippen LogP contribution in [0.3, 0.4) is 0 Å². The fourth-order valence-corrected chi connectivity index (χ4v) is 2.16. The van der Waals surface area contributed by atoms with Gasteiger partial charge in [-0.15, -0.1) is 0 Å². The minimum absolute atomic E-state index is 0.451. The molecule has 3 heteroatoms. The second-order valence-corrected chi connectivity index (χ2v) is 4.92. The van der Waals surface area contributed by atoms with Crippen molar-refractivity contribution in [3.63, 3.8) is 0 Å². The van der Waals surface area contributed by atoms with Crippen LogP contribution in [0.25, 0.3) is 0 Å². The number of aliphatic carboxylic acids is 1. The zero-order valence-corrected chi connectivity index (χ0v) is 10.8. The van der Waals surface area contributed by atoms with E-state index in [0.717, 1.165) is 11.1 Å². The average molecular weight is 255 g/mol. The zero-order valence-electron chi connectivity index (χ0n) is 10.8. The largest absolute Gasteiger partial charge is 0.481 e. The van der Waals surface area contributed by atoms with Gasteiger partial charge in [-0.05, 0) is 36.6 Å². The number of carbonyl (C=O) groups is 1. The van der Waals surface area contributed by atoms with Crippen molar-refractivity contribution in [3.8, 4) is 0 Å². The van der Waals surface area contributed by atoms with E-state index in [4.69, 9.17) is 5.73 Å². The first kappa shape index (κ1) is 13.1. The first-order chi connectivity index (χ1) is 9.02. The maximum Gasteiger partial charge on any atom is 0.314 e. The molecule has 19 heavy (non-hydrogen) atoms. The third-order valence-electron chi connectivity index (χ3n) is 3.42. The summed E-state index contributed by atoms with van der Waals surface area (Å²) in [5.41, 5.74) is 7.10. The van der Waals surface area contributed by atoms with E-state index in [1.807, 2.05) is 30.3 Å². The zero-order chi connectivity index (χ0) is 13.9. The second-order valence-electron chi connectivity index (χ2n) is 4.92. The van der Waals surface area contributed by atoms with Gasteiger partial charge in [-0.3, -0.25) is 4.79 Å². The van der Waals surface area contributed by atoms with Crippen LogP contribution in [0.5, 0.6) is 0 Å². The Morgan fingerprint density at radius 3 is 2.21 bits per heavy atom. The van der Waals surface area contributed by atoms with Gasteiger partial charge in [0, 0.05) is 5.69 Å². The smallest absolute Gasteiger partial charge is 0.314 e. The van der Waals surface area contributed by atoms with E-state index >= 15 is 0 Å². The molecule has 0 aliphatic rings. The van der Waals surface area contributed by atoms with Gasteiger partial charge < -0.3 is 10.8 Å². The van der Waals surface area contributed by atoms with Crippen LogP contribution < -0.4 is 5.73 Å². The van der Waals surface area contributed by atoms with Gasteiger partial charge in [-0.2, -0.15) is 0 Å². The highest BCUT2D eigenvalue weighted by molar-refractivity contribution is 5.81. The van der Waals surface area contributed by atoms with Gasteiger partial charge in [0.05, 0.1) is 5.41 Å². The Bertz CT molecular complexity index is 563. The highest BCUT2D eigenvalue weighted by Gasteiger charge is 2.35. The summed E-state index contributed by atoms with van der Waals surface area (Å²) in [6.45, 7) is 1.74. The number of benzene rings is 2. The summed E-state index contributed by atoms with van der Waals surface area (Å²) in [4.78, 5) is 11.7. The van der Waals surface area contributed by atoms with Gasteiger partial charge in [0.1, 0.15) is 0 Å². The fourth-order valence-electron chi connectivity index (χ4n) is 2.16. The van der Waals surface area contributed by atoms with Crippen molar-refractivity contribution in [1.29, 1.82) is 0 Å². The molecule has 0 bridgehead atoms. The van der Waals surface area contributed by atoms with Crippen molar-refractivity contribution in [1.82, 2.24) is 0 Å². The van der Waals surface area contributed by atoms with E-state index < -0.39 is 11.4 Å². The summed E-state index contributed by atoms with van der Waals surface area (Å²) in [7, 11) is 0. The van der Waals surface area contributed by atoms with Crippen LogP contribution in [0, 0.1) is 0 Å². The molecule has 2 aromatic rings. The first-order valence-electron chi connectivity index (χ1n) is 6.16. The van der Waals surface area contributed by atoms with Gasteiger partial charge in [-0.1, -0.05) is 42.5 Å². The number of nitrogens with two attached hydrogens (primary N) is 1. The van der Waals surface area contributed by atoms with Crippen LogP contribution in [0.15, 0.2) is 54.6 Å². The summed E-state index contributed by atoms with van der Waals surface area (Å²) < 4.78 is 0. The standard InChI is InChI=1S/C16H17NO2/c1-16(15(18)19,11-12-5-3-2-4-6-12)13-7-9-14(17)10-8-13/h2-10H,11,17H2,1H3,(H,18,19). The molecule has 0 heterocycles. The Hall–Kier alpha value is -2.29. The minimum atomic E-state index is -0.949. The maximum atomic E-state index is 11.7. The molecular formula is C16H17NO2. The summed E-state index contributed by atoms with van der Waals surface area (Å²) in [6.07, 6.45) is 0.451. The Morgan fingerprint density at radius 1 is 1.11 bits per heavy atom. The molecule has 0 spiro atoms. The van der Waals surface area contributed by atoms with E-state index in [1.54, 1.807) is 31.2 Å². The van der Waals surface area contributed by atoms with Crippen LogP contribution in [0.4, 0.5) is 5.69 Å². The lowest BCUT2D eigenvalue weighted by molar-refractivity contribution is -0.143. The number of hydrogen-bond donors (Lipinski definition) is 2. The SMILES string of the molecule is CC(Cc1ccccc1)(C(=O)O)c1ccc(N)cc1. The molecule has 0 radical (unpaired) electrons. The van der Waals surface area contributed by atoms with E-state index in [9.17, 15) is 9.90 Å². The van der Waals surface area contributed by atoms with Crippen LogP contribution in [0.1, 0.15) is 18.1 Å². The Balaban J connectivity index is 2.38. The molecule has 1 atom stereocenters. The number of anilines is 1. The monoisotopic (exact) mass is 255 g/mol. The first-order valence-corrected chi connectivity index (χ1v) is 6.16. The number of carboxylic acids is 1. The van der Waals surface area contributed by atoms with Crippen molar-refractivity contribution < 1.29 is 9.90 Å².